The van der Waals surface area contributed by atoms with Crippen LogP contribution in [0.3, 0.4) is 0 Å². The smallest absolute Gasteiger partial charge is 0.321 e. The molecule has 0 saturated heterocycles. The lowest BCUT2D eigenvalue weighted by molar-refractivity contribution is -0.120. The Labute approximate surface area is 135 Å². The number of rotatable bonds is 6. The normalized spacial score (nSPS) is 13.5. The Morgan fingerprint density at radius 2 is 1.83 bits per heavy atom. The van der Waals surface area contributed by atoms with Crippen LogP contribution >= 0.6 is 0 Å². The fourth-order valence-electron chi connectivity index (χ4n) is 2.13. The highest BCUT2D eigenvalue weighted by Gasteiger charge is 2.24. The topological polar surface area (TPSA) is 90.5 Å². The summed E-state index contributed by atoms with van der Waals surface area (Å²) in [7, 11) is 3.38. The lowest BCUT2D eigenvalue weighted by atomic mass is 10.1. The van der Waals surface area contributed by atoms with Crippen LogP contribution in [0.4, 0.5) is 4.79 Å². The molecule has 1 saturated carbocycles. The molecule has 2 rings (SSSR count). The minimum atomic E-state index is -0.430. The van der Waals surface area contributed by atoms with Crippen LogP contribution in [0.15, 0.2) is 24.3 Å². The third-order valence-corrected chi connectivity index (χ3v) is 3.47. The van der Waals surface area contributed by atoms with Gasteiger partial charge in [0.1, 0.15) is 0 Å². The molecular formula is C16H22N4O3. The van der Waals surface area contributed by atoms with Gasteiger partial charge in [0.15, 0.2) is 0 Å². The number of carbonyl (C=O) groups is 3. The van der Waals surface area contributed by atoms with E-state index in [1.165, 1.54) is 0 Å². The number of likely N-dealkylation sites (N-methyl/N-ethyl adjacent to an activating group) is 1. The first kappa shape index (κ1) is 17.0. The van der Waals surface area contributed by atoms with Gasteiger partial charge in [-0.15, -0.1) is 0 Å². The first-order valence-corrected chi connectivity index (χ1v) is 7.58. The molecular weight excluding hydrogens is 296 g/mol. The van der Waals surface area contributed by atoms with Gasteiger partial charge in [-0.3, -0.25) is 19.8 Å². The molecule has 124 valence electrons. The summed E-state index contributed by atoms with van der Waals surface area (Å²) >= 11 is 0. The number of imide groups is 1. The second-order valence-electron chi connectivity index (χ2n) is 5.74. The minimum Gasteiger partial charge on any atom is -0.355 e. The van der Waals surface area contributed by atoms with E-state index in [1.54, 1.807) is 31.1 Å². The lowest BCUT2D eigenvalue weighted by Crippen LogP contribution is -2.44. The van der Waals surface area contributed by atoms with E-state index in [4.69, 9.17) is 0 Å². The molecule has 0 aromatic heterocycles. The third kappa shape index (κ3) is 5.71. The number of urea groups is 1. The number of carbonyl (C=O) groups excluding carboxylic acids is 3. The minimum absolute atomic E-state index is 0.120. The van der Waals surface area contributed by atoms with Gasteiger partial charge in [0.25, 0.3) is 5.91 Å². The highest BCUT2D eigenvalue weighted by atomic mass is 16.2. The summed E-state index contributed by atoms with van der Waals surface area (Å²) in [5, 5.41) is 7.58. The maximum absolute atomic E-state index is 11.8. The molecule has 1 aliphatic carbocycles. The average Bonchev–Trinajstić information content (AvgIpc) is 3.30. The molecule has 7 nitrogen and oxygen atoms in total. The van der Waals surface area contributed by atoms with Crippen LogP contribution in [0.25, 0.3) is 0 Å². The molecule has 23 heavy (non-hydrogen) atoms. The Morgan fingerprint density at radius 1 is 1.17 bits per heavy atom. The van der Waals surface area contributed by atoms with Gasteiger partial charge in [-0.2, -0.15) is 0 Å². The zero-order chi connectivity index (χ0) is 16.8. The van der Waals surface area contributed by atoms with Crippen molar-refractivity contribution in [3.05, 3.63) is 35.4 Å². The molecule has 0 unspecified atom stereocenters. The van der Waals surface area contributed by atoms with Crippen molar-refractivity contribution in [2.24, 2.45) is 0 Å². The molecule has 1 fully saturated rings. The molecule has 1 aromatic carbocycles. The Balaban J connectivity index is 1.76. The molecule has 0 atom stereocenters. The summed E-state index contributed by atoms with van der Waals surface area (Å²) in [5.41, 5.74) is 1.57. The summed E-state index contributed by atoms with van der Waals surface area (Å²) in [6, 6.07) is 6.97. The first-order chi connectivity index (χ1) is 11.0. The predicted molar refractivity (Wildman–Crippen MR) is 85.9 cm³/mol. The van der Waals surface area contributed by atoms with Gasteiger partial charge in [0.2, 0.25) is 5.91 Å². The van der Waals surface area contributed by atoms with E-state index in [0.717, 1.165) is 18.4 Å². The summed E-state index contributed by atoms with van der Waals surface area (Å²) in [6.07, 6.45) is 1.96. The zero-order valence-electron chi connectivity index (χ0n) is 13.4. The molecule has 0 heterocycles. The van der Waals surface area contributed by atoms with E-state index in [1.807, 2.05) is 12.1 Å². The highest BCUT2D eigenvalue weighted by Crippen LogP contribution is 2.18. The fraction of sp³-hybridized carbons (Fsp3) is 0.438. The van der Waals surface area contributed by atoms with Gasteiger partial charge in [-0.25, -0.2) is 4.79 Å². The van der Waals surface area contributed by atoms with E-state index in [-0.39, 0.29) is 24.4 Å². The van der Waals surface area contributed by atoms with Crippen LogP contribution in [0.2, 0.25) is 0 Å². The van der Waals surface area contributed by atoms with Crippen LogP contribution in [0, 0.1) is 0 Å². The van der Waals surface area contributed by atoms with Gasteiger partial charge in [-0.1, -0.05) is 12.1 Å². The number of benzene rings is 1. The molecule has 0 bridgehead atoms. The van der Waals surface area contributed by atoms with Crippen LogP contribution in [0.1, 0.15) is 28.8 Å². The fourth-order valence-corrected chi connectivity index (χ4v) is 2.13. The van der Waals surface area contributed by atoms with Crippen molar-refractivity contribution in [2.45, 2.75) is 25.4 Å². The Kier molecular flexibility index (Phi) is 5.70. The van der Waals surface area contributed by atoms with Gasteiger partial charge >= 0.3 is 6.03 Å². The largest absolute Gasteiger partial charge is 0.355 e. The van der Waals surface area contributed by atoms with Crippen LogP contribution in [-0.4, -0.2) is 49.4 Å². The Hall–Kier alpha value is -2.41. The molecule has 0 aliphatic heterocycles. The van der Waals surface area contributed by atoms with Gasteiger partial charge in [-0.05, 0) is 37.6 Å². The average molecular weight is 318 g/mol. The monoisotopic (exact) mass is 318 g/mol. The van der Waals surface area contributed by atoms with E-state index in [2.05, 4.69) is 16.0 Å². The van der Waals surface area contributed by atoms with Crippen LogP contribution in [0.5, 0.6) is 0 Å². The van der Waals surface area contributed by atoms with Crippen molar-refractivity contribution in [1.29, 1.82) is 0 Å². The molecule has 3 N–H and O–H groups in total. The number of nitrogens with one attached hydrogen (secondary N) is 3. The molecule has 0 spiro atoms. The van der Waals surface area contributed by atoms with Gasteiger partial charge in [0.05, 0.1) is 6.54 Å². The quantitative estimate of drug-likeness (QED) is 0.711. The van der Waals surface area contributed by atoms with Crippen molar-refractivity contribution >= 4 is 17.8 Å². The van der Waals surface area contributed by atoms with Crippen LogP contribution < -0.4 is 16.0 Å². The summed E-state index contributed by atoms with van der Waals surface area (Å²) in [6.45, 7) is 0.668. The number of nitrogens with zero attached hydrogens (tertiary/aromatic N) is 1. The van der Waals surface area contributed by atoms with E-state index in [9.17, 15) is 14.4 Å². The third-order valence-electron chi connectivity index (χ3n) is 3.47. The first-order valence-electron chi connectivity index (χ1n) is 7.58. The van der Waals surface area contributed by atoms with Gasteiger partial charge < -0.3 is 10.6 Å². The molecule has 7 heteroatoms. The lowest BCUT2D eigenvalue weighted by Gasteiger charge is -2.16. The predicted octanol–water partition coefficient (Wildman–Crippen LogP) is 0.466. The molecule has 1 aromatic rings. The summed E-state index contributed by atoms with van der Waals surface area (Å²) in [5.74, 6) is -0.474. The van der Waals surface area contributed by atoms with Crippen molar-refractivity contribution in [2.75, 3.05) is 20.6 Å². The summed E-state index contributed by atoms with van der Waals surface area (Å²) < 4.78 is 0. The second-order valence-corrected chi connectivity index (χ2v) is 5.74. The number of hydrogen-bond acceptors (Lipinski definition) is 4. The standard InChI is InChI=1S/C16H22N4O3/c1-17-15(22)12-5-3-11(4-6-12)9-20(2)10-14(21)19-16(23)18-13-7-8-13/h3-6,13H,7-10H2,1-2H3,(H,17,22)(H2,18,19,21,23). The van der Waals surface area contributed by atoms with Crippen molar-refractivity contribution < 1.29 is 14.4 Å². The number of hydrogen-bond donors (Lipinski definition) is 3. The molecule has 0 radical (unpaired) electrons. The van der Waals surface area contributed by atoms with E-state index >= 15 is 0 Å². The maximum atomic E-state index is 11.8. The SMILES string of the molecule is CNC(=O)c1ccc(CN(C)CC(=O)NC(=O)NC2CC2)cc1. The zero-order valence-corrected chi connectivity index (χ0v) is 13.4. The van der Waals surface area contributed by atoms with Crippen molar-refractivity contribution in [1.82, 2.24) is 20.9 Å². The number of amides is 4. The van der Waals surface area contributed by atoms with Crippen molar-refractivity contribution in [3.8, 4) is 0 Å². The van der Waals surface area contributed by atoms with E-state index < -0.39 is 6.03 Å². The Morgan fingerprint density at radius 3 is 2.39 bits per heavy atom. The second kappa shape index (κ2) is 7.73. The van der Waals surface area contributed by atoms with Gasteiger partial charge in [0, 0.05) is 25.2 Å². The molecule has 1 aliphatic rings. The van der Waals surface area contributed by atoms with E-state index in [0.29, 0.717) is 12.1 Å². The Bertz CT molecular complexity index is 581. The maximum Gasteiger partial charge on any atom is 0.321 e. The molecule has 4 amide bonds. The van der Waals surface area contributed by atoms with Crippen LogP contribution in [-0.2, 0) is 11.3 Å². The highest BCUT2D eigenvalue weighted by molar-refractivity contribution is 5.95. The summed E-state index contributed by atoms with van der Waals surface area (Å²) in [4.78, 5) is 36.5. The van der Waals surface area contributed by atoms with Crippen molar-refractivity contribution in [3.63, 3.8) is 0 Å².